The number of hydrogen-bond donors (Lipinski definition) is 7. The van der Waals surface area contributed by atoms with E-state index in [1.54, 1.807) is 24.3 Å². The Morgan fingerprint density at radius 1 is 0.602 bits per heavy atom. The molecule has 0 radical (unpaired) electrons. The summed E-state index contributed by atoms with van der Waals surface area (Å²) < 4.78 is 5.09. The number of aliphatic hydroxyl groups excluding tert-OH is 2. The molecule has 4 atom stereocenters. The topological polar surface area (TPSA) is 345 Å². The minimum absolute atomic E-state index is 0. The number of aldehydes is 2. The summed E-state index contributed by atoms with van der Waals surface area (Å²) in [6, 6.07) is 12.2. The normalized spacial score (nSPS) is 15.1. The summed E-state index contributed by atoms with van der Waals surface area (Å²) in [5.41, 5.74) is 0.645. The lowest BCUT2D eigenvalue weighted by atomic mass is 10.1. The van der Waals surface area contributed by atoms with Gasteiger partial charge in [0.15, 0.2) is 5.75 Å². The van der Waals surface area contributed by atoms with Crippen LogP contribution in [0.3, 0.4) is 0 Å². The Hall–Kier alpha value is -8.33. The average molecular weight is 1230 g/mol. The number of hydrogen-bond acceptors (Lipinski definition) is 16. The third kappa shape index (κ3) is 17.4. The fourth-order valence-electron chi connectivity index (χ4n) is 8.40. The second kappa shape index (κ2) is 30.6. The van der Waals surface area contributed by atoms with Crippen LogP contribution in [0.15, 0.2) is 72.8 Å². The predicted molar refractivity (Wildman–Crippen MR) is 306 cm³/mol. The molecule has 83 heavy (non-hydrogen) atoms. The fourth-order valence-corrected chi connectivity index (χ4v) is 9.63. The van der Waals surface area contributed by atoms with Crippen molar-refractivity contribution in [2.24, 2.45) is 0 Å². The molecule has 4 aromatic carbocycles. The van der Waals surface area contributed by atoms with E-state index < -0.39 is 110 Å². The zero-order valence-corrected chi connectivity index (χ0v) is 47.0. The quantitative estimate of drug-likeness (QED) is 0.0626. The molecule has 29 heteroatoms. The number of Topliss-reactive ketones (excluding diaryl/α,β-unsaturated/α-hetero) is 2. The largest absolute Gasteiger partial charge is 0.494 e. The summed E-state index contributed by atoms with van der Waals surface area (Å²) in [6.45, 7) is -0.0579. The van der Waals surface area contributed by atoms with Crippen molar-refractivity contribution < 1.29 is 77.3 Å². The van der Waals surface area contributed by atoms with Crippen LogP contribution < -0.4 is 50.9 Å². The number of nitrogens with zero attached hydrogens (tertiary/aromatic N) is 4. The molecular weight excluding hydrogens is 1170 g/mol. The molecule has 0 aromatic heterocycles. The molecule has 0 bridgehead atoms. The number of carbonyl (C=O) groups is 13. The maximum Gasteiger partial charge on any atom is 0.252 e. The van der Waals surface area contributed by atoms with Gasteiger partial charge in [-0.2, -0.15) is 0 Å². The van der Waals surface area contributed by atoms with Crippen LogP contribution in [0.25, 0.3) is 0 Å². The van der Waals surface area contributed by atoms with Gasteiger partial charge in [0.05, 0.1) is 80.8 Å². The number of amides is 9. The van der Waals surface area contributed by atoms with Gasteiger partial charge in [0.2, 0.25) is 17.7 Å². The second-order valence-corrected chi connectivity index (χ2v) is 19.7. The van der Waals surface area contributed by atoms with Crippen molar-refractivity contribution in [2.45, 2.75) is 65.2 Å². The number of para-hydroxylation sites is 4. The van der Waals surface area contributed by atoms with Gasteiger partial charge in [-0.05, 0) is 62.4 Å². The van der Waals surface area contributed by atoms with Crippen LogP contribution in [0.5, 0.6) is 5.75 Å². The number of aliphatic hydroxyl groups is 2. The van der Waals surface area contributed by atoms with Crippen molar-refractivity contribution in [1.82, 2.24) is 21.3 Å². The van der Waals surface area contributed by atoms with E-state index in [-0.39, 0.29) is 104 Å². The molecule has 2 aliphatic heterocycles. The standard InChI is InChI=1S/C27H27Cl2N5O8.C26H26Cl2N4O8.CH4/c1-14(37)7-17(12-35)31-23(39)11-34-22-6-4-3-5-21(22)33(24(40)13-36)10-20(27(34)42)32-26(41)16-8-18(28)25(19(29)9-16)30-15(2)38;1-14(35)7-16(12-33)29-22(36)11-32-21-6-4-3-5-20(21)31(23(37)13-34)10-19(26(32)39)30-25(38)15-8-17(27)24(40-2)18(28)9-15;/h3-6,8-9,12,17,20,36H,7,10-11,13H2,1-2H3,(H,30,38)(H,31,39)(H,32,41);3-6,8-9,12,16,19,34H,7,10-11,13H2,1-2H3,(H,29,36)(H,30,38);1H4/t17-,20-;16-,19-;/m00./s1. The number of nitrogens with one attached hydrogen (secondary N) is 5. The van der Waals surface area contributed by atoms with Gasteiger partial charge in [0, 0.05) is 30.9 Å². The van der Waals surface area contributed by atoms with E-state index in [2.05, 4.69) is 26.6 Å². The van der Waals surface area contributed by atoms with Gasteiger partial charge in [0.1, 0.15) is 62.5 Å². The van der Waals surface area contributed by atoms with Gasteiger partial charge < -0.3 is 60.9 Å². The van der Waals surface area contributed by atoms with Crippen molar-refractivity contribution >= 4 is 152 Å². The van der Waals surface area contributed by atoms with Crippen LogP contribution in [-0.4, -0.2) is 158 Å². The summed E-state index contributed by atoms with van der Waals surface area (Å²) in [5, 5.41) is 31.5. The van der Waals surface area contributed by atoms with Crippen molar-refractivity contribution in [1.29, 1.82) is 0 Å². The van der Waals surface area contributed by atoms with Gasteiger partial charge in [-0.3, -0.25) is 62.5 Å². The molecule has 0 saturated carbocycles. The lowest BCUT2D eigenvalue weighted by Crippen LogP contribution is -2.55. The molecule has 0 aliphatic carbocycles. The first kappa shape index (κ1) is 67.2. The number of carbonyl (C=O) groups excluding carboxylic acids is 13. The number of rotatable bonds is 20. The van der Waals surface area contributed by atoms with Crippen LogP contribution in [-0.2, 0) is 52.7 Å². The molecule has 0 spiro atoms. The smallest absolute Gasteiger partial charge is 0.252 e. The minimum atomic E-state index is -1.43. The molecule has 9 amide bonds. The maximum atomic E-state index is 13.8. The Labute approximate surface area is 494 Å². The highest BCUT2D eigenvalue weighted by Gasteiger charge is 2.40. The summed E-state index contributed by atoms with van der Waals surface area (Å²) in [7, 11) is 1.35. The number of benzene rings is 4. The third-order valence-corrected chi connectivity index (χ3v) is 13.1. The van der Waals surface area contributed by atoms with Crippen molar-refractivity contribution in [3.8, 4) is 5.75 Å². The predicted octanol–water partition coefficient (Wildman–Crippen LogP) is 2.86. The molecule has 442 valence electrons. The highest BCUT2D eigenvalue weighted by Crippen LogP contribution is 2.37. The highest BCUT2D eigenvalue weighted by molar-refractivity contribution is 6.40. The van der Waals surface area contributed by atoms with E-state index >= 15 is 0 Å². The zero-order chi connectivity index (χ0) is 60.7. The molecule has 0 saturated heterocycles. The Balaban J connectivity index is 0.000000353. The first-order valence-electron chi connectivity index (χ1n) is 24.4. The number of halogens is 4. The fraction of sp³-hybridized carbons (Fsp3) is 0.315. The monoisotopic (exact) mass is 1230 g/mol. The first-order chi connectivity index (χ1) is 38.8. The van der Waals surface area contributed by atoms with E-state index in [9.17, 15) is 72.5 Å². The van der Waals surface area contributed by atoms with E-state index in [0.29, 0.717) is 12.6 Å². The number of ether oxygens (including phenoxy) is 1. The second-order valence-electron chi connectivity index (χ2n) is 18.1. The summed E-state index contributed by atoms with van der Waals surface area (Å²) in [4.78, 5) is 166. The number of methoxy groups -OCH3 is 1. The molecule has 6 rings (SSSR count). The SMILES string of the molecule is C.CC(=O)C[C@@H](C=O)NC(=O)CN1C(=O)[C@@H](NC(=O)c2cc(Cl)c(NC(C)=O)c(Cl)c2)CN(C(=O)CO)c2ccccc21.COc1c(Cl)cc(C(=O)N[C@H]2CN(C(=O)CO)c3ccccc3N(CC(=O)N[C@H](C=O)CC(C)=O)C2=O)cc1Cl. The lowest BCUT2D eigenvalue weighted by molar-refractivity contribution is -0.127. The van der Waals surface area contributed by atoms with Crippen LogP contribution in [0.2, 0.25) is 20.1 Å². The first-order valence-corrected chi connectivity index (χ1v) is 25.9. The number of ketones is 2. The van der Waals surface area contributed by atoms with Crippen molar-refractivity contribution in [3.63, 3.8) is 0 Å². The Bertz CT molecular complexity index is 3170. The van der Waals surface area contributed by atoms with Gasteiger partial charge in [-0.15, -0.1) is 0 Å². The summed E-state index contributed by atoms with van der Waals surface area (Å²) in [6.07, 6.45) is 0.330. The van der Waals surface area contributed by atoms with Crippen LogP contribution in [0.4, 0.5) is 28.4 Å². The maximum absolute atomic E-state index is 13.8. The molecule has 0 fully saturated rings. The molecule has 0 unspecified atom stereocenters. The summed E-state index contributed by atoms with van der Waals surface area (Å²) in [5.74, 6) is -7.18. The van der Waals surface area contributed by atoms with Gasteiger partial charge in [0.25, 0.3) is 35.4 Å². The van der Waals surface area contributed by atoms with E-state index in [0.717, 1.165) is 19.6 Å². The minimum Gasteiger partial charge on any atom is -0.494 e. The molecular formula is C54H57Cl4N9O16. The lowest BCUT2D eigenvalue weighted by Gasteiger charge is -2.25. The molecule has 2 heterocycles. The number of fused-ring (bicyclic) bond motifs is 2. The molecule has 25 nitrogen and oxygen atoms in total. The van der Waals surface area contributed by atoms with Gasteiger partial charge >= 0.3 is 0 Å². The van der Waals surface area contributed by atoms with E-state index in [1.165, 1.54) is 76.4 Å². The zero-order valence-electron chi connectivity index (χ0n) is 44.0. The van der Waals surface area contributed by atoms with Gasteiger partial charge in [-0.25, -0.2) is 0 Å². The van der Waals surface area contributed by atoms with Crippen LogP contribution in [0.1, 0.15) is 61.8 Å². The van der Waals surface area contributed by atoms with E-state index in [4.69, 9.17) is 51.1 Å². The molecule has 7 N–H and O–H groups in total. The molecule has 2 aliphatic rings. The van der Waals surface area contributed by atoms with Crippen LogP contribution >= 0.6 is 46.4 Å². The molecule has 4 aromatic rings. The highest BCUT2D eigenvalue weighted by atomic mass is 35.5. The Morgan fingerprint density at radius 3 is 1.27 bits per heavy atom. The Kier molecular flexibility index (Phi) is 24.8. The van der Waals surface area contributed by atoms with Crippen LogP contribution in [0, 0.1) is 0 Å². The van der Waals surface area contributed by atoms with Gasteiger partial charge in [-0.1, -0.05) is 78.1 Å². The number of anilines is 5. The van der Waals surface area contributed by atoms with Crippen molar-refractivity contribution in [2.75, 3.05) is 71.4 Å². The average Bonchev–Trinajstić information content (AvgIpc) is 2.84. The van der Waals surface area contributed by atoms with Crippen molar-refractivity contribution in [3.05, 3.63) is 104 Å². The van der Waals surface area contributed by atoms with E-state index in [1.807, 2.05) is 0 Å². The Morgan fingerprint density at radius 2 is 0.952 bits per heavy atom. The summed E-state index contributed by atoms with van der Waals surface area (Å²) >= 11 is 24.7. The third-order valence-electron chi connectivity index (χ3n) is 12.0.